The van der Waals surface area contributed by atoms with Crippen LogP contribution in [0, 0.1) is 11.3 Å². The third kappa shape index (κ3) is 5.31. The van der Waals surface area contributed by atoms with E-state index in [1.54, 1.807) is 16.8 Å². The van der Waals surface area contributed by atoms with Crippen molar-refractivity contribution in [2.75, 3.05) is 5.32 Å². The maximum atomic E-state index is 12.7. The second-order valence-corrected chi connectivity index (χ2v) is 8.12. The first-order valence-corrected chi connectivity index (χ1v) is 11.1. The van der Waals surface area contributed by atoms with E-state index in [9.17, 15) is 23.2 Å². The van der Waals surface area contributed by atoms with E-state index in [0.29, 0.717) is 17.1 Å². The molecule has 5 rings (SSSR count). The summed E-state index contributed by atoms with van der Waals surface area (Å²) in [4.78, 5) is 20.4. The lowest BCUT2D eigenvalue weighted by molar-refractivity contribution is -0.274. The molecule has 0 unspecified atom stereocenters. The average Bonchev–Trinajstić information content (AvgIpc) is 3.44. The number of carbonyl (C=O) groups excluding carboxylic acids is 1. The normalized spacial score (nSPS) is 12.0. The van der Waals surface area contributed by atoms with Gasteiger partial charge >= 0.3 is 6.36 Å². The second kappa shape index (κ2) is 9.54. The summed E-state index contributed by atoms with van der Waals surface area (Å²) in [5.74, 6) is -0.314. The smallest absolute Gasteiger partial charge is 0.406 e. The van der Waals surface area contributed by atoms with Gasteiger partial charge < -0.3 is 19.6 Å². The minimum atomic E-state index is -4.79. The molecule has 37 heavy (non-hydrogen) atoms. The number of rotatable bonds is 6. The van der Waals surface area contributed by atoms with Crippen LogP contribution in [0.1, 0.15) is 11.4 Å². The van der Waals surface area contributed by atoms with Gasteiger partial charge in [0.05, 0.1) is 16.6 Å². The number of nitriles is 1. The van der Waals surface area contributed by atoms with Crippen LogP contribution in [-0.2, 0) is 11.3 Å². The predicted molar refractivity (Wildman–Crippen MR) is 133 cm³/mol. The van der Waals surface area contributed by atoms with E-state index in [0.717, 1.165) is 39.6 Å². The van der Waals surface area contributed by atoms with E-state index in [-0.39, 0.29) is 18.2 Å². The molecule has 10 heteroatoms. The van der Waals surface area contributed by atoms with Crippen molar-refractivity contribution in [1.29, 1.82) is 5.26 Å². The number of nitrogens with zero attached hydrogens (tertiary/aromatic N) is 3. The first-order chi connectivity index (χ1) is 17.8. The molecule has 2 aromatic heterocycles. The number of aromatic amines is 1. The second-order valence-electron chi connectivity index (χ2n) is 8.12. The number of hydrogen-bond donors (Lipinski definition) is 2. The number of hydrogen-bond acceptors (Lipinski definition) is 4. The highest BCUT2D eigenvalue weighted by Crippen LogP contribution is 2.27. The average molecular weight is 501 g/mol. The number of anilines is 1. The number of ether oxygens (including phenoxy) is 1. The molecule has 0 saturated carbocycles. The van der Waals surface area contributed by atoms with Gasteiger partial charge in [0.1, 0.15) is 24.2 Å². The lowest BCUT2D eigenvalue weighted by Crippen LogP contribution is -2.18. The molecule has 0 aliphatic heterocycles. The van der Waals surface area contributed by atoms with Gasteiger partial charge in [0.2, 0.25) is 5.91 Å². The van der Waals surface area contributed by atoms with Crippen LogP contribution in [0.15, 0.2) is 79.0 Å². The summed E-state index contributed by atoms with van der Waals surface area (Å²) in [5.41, 5.74) is 3.73. The minimum Gasteiger partial charge on any atom is -0.406 e. The molecule has 0 spiro atoms. The molecule has 0 aliphatic carbocycles. The van der Waals surface area contributed by atoms with Crippen molar-refractivity contribution in [3.05, 3.63) is 90.4 Å². The number of H-pyrrole nitrogens is 1. The molecule has 3 aromatic carbocycles. The Hall–Kier alpha value is -5.04. The molecule has 2 N–H and O–H groups in total. The maximum absolute atomic E-state index is 12.7. The summed E-state index contributed by atoms with van der Waals surface area (Å²) >= 11 is 0. The molecule has 0 aliphatic rings. The number of carbonyl (C=O) groups is 1. The van der Waals surface area contributed by atoms with Crippen molar-refractivity contribution >= 4 is 45.2 Å². The fourth-order valence-corrected chi connectivity index (χ4v) is 4.01. The predicted octanol–water partition coefficient (Wildman–Crippen LogP) is 6.12. The van der Waals surface area contributed by atoms with Crippen LogP contribution in [0.5, 0.6) is 5.75 Å². The van der Waals surface area contributed by atoms with Crippen molar-refractivity contribution in [3.8, 4) is 11.8 Å². The number of allylic oxidation sites excluding steroid dienone is 1. The molecular formula is C27H18F3N5O2. The molecule has 0 fully saturated rings. The van der Waals surface area contributed by atoms with Crippen LogP contribution in [0.2, 0.25) is 0 Å². The number of para-hydroxylation sites is 3. The Kier molecular flexibility index (Phi) is 6.11. The van der Waals surface area contributed by atoms with Gasteiger partial charge in [-0.15, -0.1) is 13.2 Å². The van der Waals surface area contributed by atoms with Crippen LogP contribution >= 0.6 is 0 Å². The molecule has 0 bridgehead atoms. The minimum absolute atomic E-state index is 0.0539. The van der Waals surface area contributed by atoms with Crippen molar-refractivity contribution in [2.45, 2.75) is 12.9 Å². The molecule has 184 valence electrons. The van der Waals surface area contributed by atoms with Gasteiger partial charge in [0, 0.05) is 28.4 Å². The van der Waals surface area contributed by atoms with Crippen molar-refractivity contribution < 1.29 is 22.7 Å². The standard InChI is InChI=1S/C27H18F3N5O2/c28-27(29,30)37-20-11-9-19(10-12-20)32-25(36)16-35-15-18(21-5-1-4-8-24(21)35)13-17(14-31)26-33-22-6-2-3-7-23(22)34-26/h1-13,15H,16H2,(H,32,36)(H,33,34). The van der Waals surface area contributed by atoms with Gasteiger partial charge in [-0.1, -0.05) is 30.3 Å². The van der Waals surface area contributed by atoms with Gasteiger partial charge in [-0.2, -0.15) is 5.26 Å². The van der Waals surface area contributed by atoms with Crippen molar-refractivity contribution in [1.82, 2.24) is 14.5 Å². The molecule has 0 saturated heterocycles. The zero-order valence-corrected chi connectivity index (χ0v) is 19.1. The Morgan fingerprint density at radius 2 is 1.81 bits per heavy atom. The lowest BCUT2D eigenvalue weighted by Gasteiger charge is -2.10. The number of fused-ring (bicyclic) bond motifs is 2. The molecule has 0 radical (unpaired) electrons. The number of imidazole rings is 1. The van der Waals surface area contributed by atoms with Crippen LogP contribution in [-0.4, -0.2) is 26.8 Å². The summed E-state index contributed by atoms with van der Waals surface area (Å²) in [5, 5.41) is 13.3. The molecule has 0 atom stereocenters. The topological polar surface area (TPSA) is 95.7 Å². The van der Waals surface area contributed by atoms with Crippen molar-refractivity contribution in [3.63, 3.8) is 0 Å². The largest absolute Gasteiger partial charge is 0.573 e. The zero-order chi connectivity index (χ0) is 26.0. The van der Waals surface area contributed by atoms with Crippen LogP contribution in [0.3, 0.4) is 0 Å². The monoisotopic (exact) mass is 501 g/mol. The fourth-order valence-electron chi connectivity index (χ4n) is 4.01. The summed E-state index contributed by atoms with van der Waals surface area (Å²) in [7, 11) is 0. The van der Waals surface area contributed by atoms with Crippen LogP contribution in [0.4, 0.5) is 18.9 Å². The number of aromatic nitrogens is 3. The van der Waals surface area contributed by atoms with Crippen molar-refractivity contribution in [2.24, 2.45) is 0 Å². The first-order valence-electron chi connectivity index (χ1n) is 11.1. The molecule has 5 aromatic rings. The molecule has 2 heterocycles. The highest BCUT2D eigenvalue weighted by atomic mass is 19.4. The number of halogens is 3. The number of benzene rings is 3. The van der Waals surface area contributed by atoms with Gasteiger partial charge in [0.15, 0.2) is 0 Å². The summed E-state index contributed by atoms with van der Waals surface area (Å²) < 4.78 is 42.6. The SMILES string of the molecule is N#CC(=Cc1cn(CC(=O)Nc2ccc(OC(F)(F)F)cc2)c2ccccc12)c1nc2ccccc2[nH]1. The molecular weight excluding hydrogens is 483 g/mol. The van der Waals surface area contributed by atoms with Gasteiger partial charge in [0.25, 0.3) is 0 Å². The van der Waals surface area contributed by atoms with E-state index in [1.807, 2.05) is 48.5 Å². The summed E-state index contributed by atoms with van der Waals surface area (Å²) in [6, 6.07) is 22.0. The Bertz CT molecular complexity index is 1640. The van der Waals surface area contributed by atoms with E-state index in [4.69, 9.17) is 0 Å². The Morgan fingerprint density at radius 3 is 2.54 bits per heavy atom. The van der Waals surface area contributed by atoms with E-state index in [2.05, 4.69) is 26.1 Å². The first kappa shape index (κ1) is 23.7. The Labute approximate surface area is 208 Å². The van der Waals surface area contributed by atoms with Gasteiger partial charge in [-0.05, 0) is 48.5 Å². The van der Waals surface area contributed by atoms with Crippen LogP contribution in [0.25, 0.3) is 33.6 Å². The third-order valence-electron chi connectivity index (χ3n) is 5.57. The zero-order valence-electron chi connectivity index (χ0n) is 19.1. The number of alkyl halides is 3. The van der Waals surface area contributed by atoms with Gasteiger partial charge in [-0.25, -0.2) is 4.98 Å². The van der Waals surface area contributed by atoms with E-state index in [1.165, 1.54) is 12.1 Å². The highest BCUT2D eigenvalue weighted by Gasteiger charge is 2.31. The summed E-state index contributed by atoms with van der Waals surface area (Å²) in [6.45, 7) is -0.0539. The summed E-state index contributed by atoms with van der Waals surface area (Å²) in [6.07, 6.45) is -1.31. The number of nitrogens with one attached hydrogen (secondary N) is 2. The number of amides is 1. The van der Waals surface area contributed by atoms with E-state index >= 15 is 0 Å². The quantitative estimate of drug-likeness (QED) is 0.274. The maximum Gasteiger partial charge on any atom is 0.573 e. The molecule has 7 nitrogen and oxygen atoms in total. The fraction of sp³-hybridized carbons (Fsp3) is 0.0741. The van der Waals surface area contributed by atoms with E-state index < -0.39 is 6.36 Å². The molecule has 1 amide bonds. The van der Waals surface area contributed by atoms with Gasteiger partial charge in [-0.3, -0.25) is 4.79 Å². The third-order valence-corrected chi connectivity index (χ3v) is 5.57. The van der Waals surface area contributed by atoms with Crippen LogP contribution < -0.4 is 10.1 Å². The lowest BCUT2D eigenvalue weighted by atomic mass is 10.1. The highest BCUT2D eigenvalue weighted by molar-refractivity contribution is 5.99. The Balaban J connectivity index is 1.39. The Morgan fingerprint density at radius 1 is 1.08 bits per heavy atom.